The number of aromatic nitrogens is 3. The minimum atomic E-state index is -0.306. The summed E-state index contributed by atoms with van der Waals surface area (Å²) >= 11 is 6.31. The zero-order chi connectivity index (χ0) is 25.3. The van der Waals surface area contributed by atoms with Gasteiger partial charge >= 0.3 is 0 Å². The summed E-state index contributed by atoms with van der Waals surface area (Å²) in [4.78, 5) is 41.2. The van der Waals surface area contributed by atoms with Crippen molar-refractivity contribution in [1.82, 2.24) is 19.2 Å². The van der Waals surface area contributed by atoms with Crippen LogP contribution in [0.5, 0.6) is 0 Å². The van der Waals surface area contributed by atoms with Gasteiger partial charge in [-0.2, -0.15) is 5.10 Å². The molecule has 8 heteroatoms. The summed E-state index contributed by atoms with van der Waals surface area (Å²) in [5.41, 5.74) is 2.43. The normalized spacial score (nSPS) is 11.1. The molecule has 0 saturated heterocycles. The van der Waals surface area contributed by atoms with Gasteiger partial charge < -0.3 is 4.90 Å². The third-order valence-electron chi connectivity index (χ3n) is 5.96. The van der Waals surface area contributed by atoms with Crippen LogP contribution in [0.2, 0.25) is 5.02 Å². The number of nitrogens with zero attached hydrogens (tertiary/aromatic N) is 4. The molecule has 2 aromatic carbocycles. The van der Waals surface area contributed by atoms with Crippen molar-refractivity contribution in [3.63, 3.8) is 0 Å². The Morgan fingerprint density at radius 3 is 2.34 bits per heavy atom. The minimum Gasteiger partial charge on any atom is -0.343 e. The van der Waals surface area contributed by atoms with E-state index >= 15 is 0 Å². The summed E-state index contributed by atoms with van der Waals surface area (Å²) in [6.07, 6.45) is 0.221. The van der Waals surface area contributed by atoms with Crippen LogP contribution < -0.4 is 5.56 Å². The number of aryl methyl sites for hydroxylation is 1. The maximum Gasteiger partial charge on any atom is 0.271 e. The summed E-state index contributed by atoms with van der Waals surface area (Å²) in [5.74, 6) is -0.344. The van der Waals surface area contributed by atoms with E-state index in [-0.39, 0.29) is 30.2 Å². The van der Waals surface area contributed by atoms with Crippen molar-refractivity contribution in [2.45, 2.75) is 33.4 Å². The third-order valence-corrected chi connectivity index (χ3v) is 6.19. The zero-order valence-corrected chi connectivity index (χ0v) is 21.0. The molecule has 2 aromatic heterocycles. The van der Waals surface area contributed by atoms with Crippen molar-refractivity contribution >= 4 is 34.1 Å². The smallest absolute Gasteiger partial charge is 0.271 e. The second-order valence-corrected chi connectivity index (χ2v) is 8.92. The SMILES string of the molecule is CCC(=O)c1c(-c2ccccc2)c2cc(Cl)ccc2c(=O)n1Cc1cc(C(=O)N(C)C)n(CC)n1. The first kappa shape index (κ1) is 24.4. The van der Waals surface area contributed by atoms with Crippen LogP contribution in [0.25, 0.3) is 21.9 Å². The fourth-order valence-electron chi connectivity index (χ4n) is 4.28. The van der Waals surface area contributed by atoms with Crippen molar-refractivity contribution in [2.75, 3.05) is 14.1 Å². The van der Waals surface area contributed by atoms with Gasteiger partial charge in [0.1, 0.15) is 5.69 Å². The van der Waals surface area contributed by atoms with E-state index in [4.69, 9.17) is 11.6 Å². The molecule has 0 atom stereocenters. The van der Waals surface area contributed by atoms with Crippen molar-refractivity contribution in [2.24, 2.45) is 0 Å². The number of halogens is 1. The molecule has 1 amide bonds. The molecule has 4 rings (SSSR count). The Morgan fingerprint density at radius 2 is 1.71 bits per heavy atom. The highest BCUT2D eigenvalue weighted by molar-refractivity contribution is 6.31. The molecule has 0 radical (unpaired) electrons. The molecular weight excluding hydrogens is 464 g/mol. The Bertz CT molecular complexity index is 1490. The van der Waals surface area contributed by atoms with Crippen molar-refractivity contribution in [1.29, 1.82) is 0 Å². The summed E-state index contributed by atoms with van der Waals surface area (Å²) in [6, 6.07) is 16.3. The van der Waals surface area contributed by atoms with Gasteiger partial charge in [-0.1, -0.05) is 48.9 Å². The molecule has 0 aliphatic rings. The van der Waals surface area contributed by atoms with Crippen LogP contribution in [0.15, 0.2) is 59.4 Å². The second-order valence-electron chi connectivity index (χ2n) is 8.48. The van der Waals surface area contributed by atoms with Gasteiger partial charge in [-0.15, -0.1) is 0 Å². The number of amides is 1. The number of hydrogen-bond donors (Lipinski definition) is 0. The number of Topliss-reactive ketones (excluding diaryl/α,β-unsaturated/α-hetero) is 1. The van der Waals surface area contributed by atoms with E-state index < -0.39 is 0 Å². The third kappa shape index (κ3) is 4.51. The van der Waals surface area contributed by atoms with Crippen LogP contribution >= 0.6 is 11.6 Å². The molecule has 0 spiro atoms. The minimum absolute atomic E-state index is 0.0546. The fraction of sp³-hybridized carbons (Fsp3) is 0.259. The van der Waals surface area contributed by atoms with Crippen LogP contribution in [0.1, 0.15) is 46.9 Å². The van der Waals surface area contributed by atoms with E-state index in [9.17, 15) is 14.4 Å². The molecule has 180 valence electrons. The lowest BCUT2D eigenvalue weighted by atomic mass is 9.94. The van der Waals surface area contributed by atoms with Crippen LogP contribution in [0.4, 0.5) is 0 Å². The van der Waals surface area contributed by atoms with Crippen LogP contribution in [0.3, 0.4) is 0 Å². The summed E-state index contributed by atoms with van der Waals surface area (Å²) < 4.78 is 3.10. The van der Waals surface area contributed by atoms with E-state index in [2.05, 4.69) is 5.10 Å². The van der Waals surface area contributed by atoms with Gasteiger partial charge in [-0.05, 0) is 42.1 Å². The first-order valence-electron chi connectivity index (χ1n) is 11.5. The predicted molar refractivity (Wildman–Crippen MR) is 138 cm³/mol. The molecule has 4 aromatic rings. The molecule has 7 nitrogen and oxygen atoms in total. The van der Waals surface area contributed by atoms with Gasteiger partial charge in [-0.3, -0.25) is 23.6 Å². The topological polar surface area (TPSA) is 77.2 Å². The Kier molecular flexibility index (Phi) is 6.89. The maximum absolute atomic E-state index is 13.7. The number of fused-ring (bicyclic) bond motifs is 1. The lowest BCUT2D eigenvalue weighted by Crippen LogP contribution is -2.28. The van der Waals surface area contributed by atoms with Crippen LogP contribution in [-0.2, 0) is 13.1 Å². The highest BCUT2D eigenvalue weighted by Gasteiger charge is 2.24. The molecule has 0 unspecified atom stereocenters. The number of ketones is 1. The summed E-state index contributed by atoms with van der Waals surface area (Å²) in [7, 11) is 3.36. The van der Waals surface area contributed by atoms with Gasteiger partial charge in [0.05, 0.1) is 17.9 Å². The number of hydrogen-bond acceptors (Lipinski definition) is 4. The first-order chi connectivity index (χ1) is 16.8. The molecule has 0 fully saturated rings. The monoisotopic (exact) mass is 490 g/mol. The highest BCUT2D eigenvalue weighted by Crippen LogP contribution is 2.33. The number of carbonyl (C=O) groups excluding carboxylic acids is 2. The first-order valence-corrected chi connectivity index (χ1v) is 11.9. The quantitative estimate of drug-likeness (QED) is 0.346. The Balaban J connectivity index is 2.03. The average Bonchev–Trinajstić information content (AvgIpc) is 3.27. The predicted octanol–water partition coefficient (Wildman–Crippen LogP) is 4.88. The zero-order valence-electron chi connectivity index (χ0n) is 20.2. The average molecular weight is 491 g/mol. The number of rotatable bonds is 7. The lowest BCUT2D eigenvalue weighted by Gasteiger charge is -2.19. The van der Waals surface area contributed by atoms with Crippen LogP contribution in [-0.4, -0.2) is 45.0 Å². The Morgan fingerprint density at radius 1 is 1.00 bits per heavy atom. The molecule has 35 heavy (non-hydrogen) atoms. The van der Waals surface area contributed by atoms with Gasteiger partial charge in [0, 0.05) is 43.0 Å². The van der Waals surface area contributed by atoms with Gasteiger partial charge in [0.15, 0.2) is 5.78 Å². The van der Waals surface area contributed by atoms with Gasteiger partial charge in [0.25, 0.3) is 11.5 Å². The van der Waals surface area contributed by atoms with E-state index in [0.29, 0.717) is 45.0 Å². The number of pyridine rings is 1. The van der Waals surface area contributed by atoms with E-state index in [0.717, 1.165) is 5.56 Å². The van der Waals surface area contributed by atoms with Gasteiger partial charge in [-0.25, -0.2) is 0 Å². The largest absolute Gasteiger partial charge is 0.343 e. The standard InChI is InChI=1S/C27H27ClN4O3/c1-5-23(33)25-24(17-10-8-7-9-11-17)21-14-18(28)12-13-20(21)26(34)31(25)16-19-15-22(27(35)30(3)4)32(6-2)29-19/h7-15H,5-6,16H2,1-4H3. The van der Waals surface area contributed by atoms with E-state index in [1.165, 1.54) is 9.47 Å². The van der Waals surface area contributed by atoms with Crippen molar-refractivity contribution < 1.29 is 9.59 Å². The fourth-order valence-corrected chi connectivity index (χ4v) is 4.45. The van der Waals surface area contributed by atoms with Crippen molar-refractivity contribution in [3.05, 3.63) is 87.1 Å². The number of carbonyl (C=O) groups is 2. The molecular formula is C27H27ClN4O3. The maximum atomic E-state index is 13.7. The second kappa shape index (κ2) is 9.88. The molecule has 0 N–H and O–H groups in total. The number of benzene rings is 2. The van der Waals surface area contributed by atoms with Crippen molar-refractivity contribution in [3.8, 4) is 11.1 Å². The molecule has 0 aliphatic carbocycles. The Hall–Kier alpha value is -3.71. The Labute approximate surface area is 208 Å². The summed E-state index contributed by atoms with van der Waals surface area (Å²) in [6.45, 7) is 4.22. The van der Waals surface area contributed by atoms with E-state index in [1.54, 1.807) is 50.0 Å². The summed E-state index contributed by atoms with van der Waals surface area (Å²) in [5, 5.41) is 6.14. The molecule has 0 bridgehead atoms. The lowest BCUT2D eigenvalue weighted by molar-refractivity contribution is 0.0815. The molecule has 0 aliphatic heterocycles. The van der Waals surface area contributed by atoms with Gasteiger partial charge in [0.2, 0.25) is 0 Å². The van der Waals surface area contributed by atoms with Crippen LogP contribution in [0, 0.1) is 0 Å². The highest BCUT2D eigenvalue weighted by atomic mass is 35.5. The van der Waals surface area contributed by atoms with E-state index in [1.807, 2.05) is 37.3 Å². The molecule has 0 saturated carbocycles. The molecule has 2 heterocycles.